The molecule has 1 atom stereocenters. The van der Waals surface area contributed by atoms with Crippen molar-refractivity contribution in [3.8, 4) is 5.75 Å². The third kappa shape index (κ3) is 3.23. The second kappa shape index (κ2) is 6.99. The molecule has 0 radical (unpaired) electrons. The first-order chi connectivity index (χ1) is 13.5. The topological polar surface area (TPSA) is 112 Å². The van der Waals surface area contributed by atoms with Crippen LogP contribution >= 0.6 is 0 Å². The lowest BCUT2D eigenvalue weighted by Crippen LogP contribution is -2.41. The molecule has 0 saturated carbocycles. The van der Waals surface area contributed by atoms with Crippen LogP contribution in [0.4, 0.5) is 17.3 Å². The van der Waals surface area contributed by atoms with E-state index in [-0.39, 0.29) is 24.0 Å². The fourth-order valence-corrected chi connectivity index (χ4v) is 3.06. The van der Waals surface area contributed by atoms with E-state index in [0.29, 0.717) is 11.6 Å². The van der Waals surface area contributed by atoms with Crippen LogP contribution in [-0.4, -0.2) is 15.8 Å². The summed E-state index contributed by atoms with van der Waals surface area (Å²) in [7, 11) is 0. The maximum atomic E-state index is 13.2. The van der Waals surface area contributed by atoms with E-state index in [2.05, 4.69) is 4.98 Å². The van der Waals surface area contributed by atoms with Crippen molar-refractivity contribution in [3.05, 3.63) is 88.0 Å². The molecule has 1 unspecified atom stereocenters. The molecule has 8 heteroatoms. The molecule has 1 aliphatic rings. The molecular formula is C20H16N4O4. The van der Waals surface area contributed by atoms with Crippen LogP contribution in [0.25, 0.3) is 0 Å². The van der Waals surface area contributed by atoms with Crippen LogP contribution in [0.1, 0.15) is 17.2 Å². The number of nitrogen functional groups attached to an aromatic ring is 1. The standard InChI is InChI=1S/C20H16N4O4/c21-17-11-10-16-19(22-17)23(12-13-6-8-15(9-7-13)24(26)27)20(25)18(28-16)14-4-2-1-3-5-14/h1-11,18H,12H2,(H2,21,22). The highest BCUT2D eigenvalue weighted by molar-refractivity contribution is 5.99. The molecule has 28 heavy (non-hydrogen) atoms. The molecular weight excluding hydrogens is 360 g/mol. The van der Waals surface area contributed by atoms with E-state index in [1.807, 2.05) is 30.3 Å². The van der Waals surface area contributed by atoms with E-state index in [1.165, 1.54) is 17.0 Å². The van der Waals surface area contributed by atoms with Crippen LogP contribution in [0.5, 0.6) is 5.75 Å². The lowest BCUT2D eigenvalue weighted by Gasteiger charge is -2.33. The molecule has 2 heterocycles. The number of fused-ring (bicyclic) bond motifs is 1. The second-order valence-corrected chi connectivity index (χ2v) is 6.31. The number of benzene rings is 2. The van der Waals surface area contributed by atoms with E-state index >= 15 is 0 Å². The number of ether oxygens (including phenoxy) is 1. The number of hydrogen-bond acceptors (Lipinski definition) is 6. The van der Waals surface area contributed by atoms with Gasteiger partial charge in [0.25, 0.3) is 11.6 Å². The maximum absolute atomic E-state index is 13.2. The van der Waals surface area contributed by atoms with Gasteiger partial charge in [0.05, 0.1) is 11.5 Å². The summed E-state index contributed by atoms with van der Waals surface area (Å²) in [6.45, 7) is 0.187. The van der Waals surface area contributed by atoms with Gasteiger partial charge in [-0.2, -0.15) is 0 Å². The van der Waals surface area contributed by atoms with E-state index < -0.39 is 11.0 Å². The molecule has 0 fully saturated rings. The van der Waals surface area contributed by atoms with Gasteiger partial charge in [-0.05, 0) is 17.7 Å². The van der Waals surface area contributed by atoms with Gasteiger partial charge in [0, 0.05) is 17.7 Å². The Balaban J connectivity index is 1.72. The quantitative estimate of drug-likeness (QED) is 0.553. The average Bonchev–Trinajstić information content (AvgIpc) is 2.71. The molecule has 0 saturated heterocycles. The second-order valence-electron chi connectivity index (χ2n) is 6.31. The van der Waals surface area contributed by atoms with Crippen molar-refractivity contribution >= 4 is 23.2 Å². The van der Waals surface area contributed by atoms with Gasteiger partial charge in [0.15, 0.2) is 11.6 Å². The van der Waals surface area contributed by atoms with Gasteiger partial charge in [-0.25, -0.2) is 4.98 Å². The molecule has 0 bridgehead atoms. The summed E-state index contributed by atoms with van der Waals surface area (Å²) in [5.74, 6) is 0.761. The fraction of sp³-hybridized carbons (Fsp3) is 0.100. The monoisotopic (exact) mass is 376 g/mol. The highest BCUT2D eigenvalue weighted by Crippen LogP contribution is 2.38. The molecule has 8 nitrogen and oxygen atoms in total. The van der Waals surface area contributed by atoms with E-state index in [0.717, 1.165) is 11.1 Å². The number of carbonyl (C=O) groups is 1. The minimum Gasteiger partial charge on any atom is -0.472 e. The number of nitro benzene ring substituents is 1. The largest absolute Gasteiger partial charge is 0.472 e. The summed E-state index contributed by atoms with van der Waals surface area (Å²) >= 11 is 0. The number of pyridine rings is 1. The molecule has 140 valence electrons. The zero-order chi connectivity index (χ0) is 19.7. The number of hydrogen-bond donors (Lipinski definition) is 1. The molecule has 0 aliphatic carbocycles. The van der Waals surface area contributed by atoms with Crippen LogP contribution in [0, 0.1) is 10.1 Å². The van der Waals surface area contributed by atoms with Gasteiger partial charge in [-0.15, -0.1) is 0 Å². The van der Waals surface area contributed by atoms with Crippen LogP contribution in [0.15, 0.2) is 66.7 Å². The Morgan fingerprint density at radius 2 is 1.79 bits per heavy atom. The predicted molar refractivity (Wildman–Crippen MR) is 103 cm³/mol. The number of anilines is 2. The molecule has 2 N–H and O–H groups in total. The summed E-state index contributed by atoms with van der Waals surface area (Å²) in [5, 5.41) is 10.9. The number of carbonyl (C=O) groups excluding carboxylic acids is 1. The molecule has 0 spiro atoms. The van der Waals surface area contributed by atoms with Gasteiger partial charge >= 0.3 is 0 Å². The Morgan fingerprint density at radius 1 is 1.07 bits per heavy atom. The van der Waals surface area contributed by atoms with Crippen LogP contribution in [-0.2, 0) is 11.3 Å². The zero-order valence-corrected chi connectivity index (χ0v) is 14.7. The first-order valence-corrected chi connectivity index (χ1v) is 8.56. The average molecular weight is 376 g/mol. The van der Waals surface area contributed by atoms with Gasteiger partial charge in [0.1, 0.15) is 5.82 Å². The van der Waals surface area contributed by atoms with Crippen molar-refractivity contribution in [1.29, 1.82) is 0 Å². The molecule has 1 amide bonds. The number of nitrogens with zero attached hydrogens (tertiary/aromatic N) is 3. The van der Waals surface area contributed by atoms with Crippen molar-refractivity contribution in [2.75, 3.05) is 10.6 Å². The highest BCUT2D eigenvalue weighted by atomic mass is 16.6. The van der Waals surface area contributed by atoms with Gasteiger partial charge in [0.2, 0.25) is 6.10 Å². The van der Waals surface area contributed by atoms with Gasteiger partial charge in [-0.1, -0.05) is 42.5 Å². The highest BCUT2D eigenvalue weighted by Gasteiger charge is 2.36. The van der Waals surface area contributed by atoms with Crippen molar-refractivity contribution in [2.24, 2.45) is 0 Å². The SMILES string of the molecule is Nc1ccc2c(n1)N(Cc1ccc([N+](=O)[O-])cc1)C(=O)C(c1ccccc1)O2. The minimum atomic E-state index is -0.808. The number of nitro groups is 1. The minimum absolute atomic E-state index is 0.0121. The smallest absolute Gasteiger partial charge is 0.274 e. The maximum Gasteiger partial charge on any atom is 0.274 e. The molecule has 2 aromatic carbocycles. The Kier molecular flexibility index (Phi) is 4.36. The number of amides is 1. The Labute approximate surface area is 160 Å². The first-order valence-electron chi connectivity index (χ1n) is 8.56. The summed E-state index contributed by atoms with van der Waals surface area (Å²) in [6.07, 6.45) is -0.808. The van der Waals surface area contributed by atoms with Crippen molar-refractivity contribution in [3.63, 3.8) is 0 Å². The summed E-state index contributed by atoms with van der Waals surface area (Å²) in [4.78, 5) is 29.3. The lowest BCUT2D eigenvalue weighted by atomic mass is 10.1. The third-order valence-electron chi connectivity index (χ3n) is 4.44. The lowest BCUT2D eigenvalue weighted by molar-refractivity contribution is -0.384. The van der Waals surface area contributed by atoms with Crippen molar-refractivity contribution < 1.29 is 14.5 Å². The molecule has 1 aliphatic heterocycles. The van der Waals surface area contributed by atoms with Gasteiger partial charge in [-0.3, -0.25) is 19.8 Å². The fourth-order valence-electron chi connectivity index (χ4n) is 3.06. The normalized spacial score (nSPS) is 15.6. The van der Waals surface area contributed by atoms with E-state index in [1.54, 1.807) is 24.3 Å². The third-order valence-corrected chi connectivity index (χ3v) is 4.44. The predicted octanol–water partition coefficient (Wildman–Crippen LogP) is 3.24. The van der Waals surface area contributed by atoms with Crippen molar-refractivity contribution in [1.82, 2.24) is 4.98 Å². The van der Waals surface area contributed by atoms with Crippen LogP contribution in [0.2, 0.25) is 0 Å². The Morgan fingerprint density at radius 3 is 2.46 bits per heavy atom. The number of non-ortho nitro benzene ring substituents is 1. The summed E-state index contributed by atoms with van der Waals surface area (Å²) in [6, 6.07) is 18.5. The molecule has 3 aromatic rings. The first kappa shape index (κ1) is 17.5. The van der Waals surface area contributed by atoms with E-state index in [4.69, 9.17) is 10.5 Å². The summed E-state index contributed by atoms with van der Waals surface area (Å²) in [5.41, 5.74) is 7.24. The van der Waals surface area contributed by atoms with Gasteiger partial charge < -0.3 is 10.5 Å². The number of aromatic nitrogens is 1. The van der Waals surface area contributed by atoms with Crippen molar-refractivity contribution in [2.45, 2.75) is 12.6 Å². The Bertz CT molecular complexity index is 1040. The van der Waals surface area contributed by atoms with Crippen LogP contribution < -0.4 is 15.4 Å². The zero-order valence-electron chi connectivity index (χ0n) is 14.7. The Hall–Kier alpha value is -3.94. The summed E-state index contributed by atoms with van der Waals surface area (Å²) < 4.78 is 5.91. The molecule has 4 rings (SSSR count). The molecule has 1 aromatic heterocycles. The number of rotatable bonds is 4. The van der Waals surface area contributed by atoms with E-state index in [9.17, 15) is 14.9 Å². The number of nitrogens with two attached hydrogens (primary N) is 1. The van der Waals surface area contributed by atoms with Crippen LogP contribution in [0.3, 0.4) is 0 Å².